The van der Waals surface area contributed by atoms with Crippen molar-refractivity contribution < 1.29 is 53.4 Å². The predicted octanol–water partition coefficient (Wildman–Crippen LogP) is -3.21. The maximum absolute atomic E-state index is 13.4. The minimum absolute atomic E-state index is 0.000781. The highest BCUT2D eigenvalue weighted by Crippen LogP contribution is 2.19. The molecule has 1 saturated heterocycles. The minimum Gasteiger partial charge on any atom is -0.480 e. The maximum Gasteiger partial charge on any atom is 0.326 e. The number of unbranched alkanes of at least 4 members (excludes halogenated alkanes) is 1. The molecule has 0 saturated carbocycles. The summed E-state index contributed by atoms with van der Waals surface area (Å²) >= 11 is 4.18. The van der Waals surface area contributed by atoms with Crippen molar-refractivity contribution in [2.24, 2.45) is 17.4 Å². The highest BCUT2D eigenvalue weighted by Gasteiger charge is 2.38. The Bertz CT molecular complexity index is 1710. The van der Waals surface area contributed by atoms with Crippen LogP contribution in [0.3, 0.4) is 0 Å². The third-order valence-electron chi connectivity index (χ3n) is 9.94. The van der Waals surface area contributed by atoms with E-state index < -0.39 is 115 Å². The number of hydrogen-bond donors (Lipinski definition) is 12. The van der Waals surface area contributed by atoms with E-state index in [4.69, 9.17) is 11.5 Å². The minimum atomic E-state index is -1.43. The van der Waals surface area contributed by atoms with Gasteiger partial charge in [0, 0.05) is 18.7 Å². The number of likely N-dealkylation sites (tertiary alicyclic amines) is 1. The first-order chi connectivity index (χ1) is 29.3. The van der Waals surface area contributed by atoms with Crippen LogP contribution >= 0.6 is 12.6 Å². The zero-order valence-electron chi connectivity index (χ0n) is 35.7. The Hall–Kier alpha value is -5.32. The topological polar surface area (TPSA) is 334 Å². The van der Waals surface area contributed by atoms with Gasteiger partial charge in [-0.1, -0.05) is 44.2 Å². The van der Waals surface area contributed by atoms with Crippen LogP contribution in [0, 0.1) is 5.92 Å². The summed E-state index contributed by atoms with van der Waals surface area (Å²) in [6.45, 7) is 5.59. The van der Waals surface area contributed by atoms with Gasteiger partial charge in [0.25, 0.3) is 0 Å². The first-order valence-corrected chi connectivity index (χ1v) is 21.3. The molecule has 0 unspecified atom stereocenters. The lowest BCUT2D eigenvalue weighted by atomic mass is 10.0. The number of thiol groups is 1. The SMILES string of the molecule is CC(C)C[C@H](N)C(=O)N[C@@H](C)C(=O)N[C@@H](CO)C(=O)N1CCC[C@H]1C(=O)NCC(=O)N[C@@H](C)C(=O)N[C@@H](CS)C(=O)N[C@@H](Cc1ccccc1)C(=O)N[C@@H](CCCCN)C(=O)O. The second-order valence-electron chi connectivity index (χ2n) is 15.6. The van der Waals surface area contributed by atoms with Gasteiger partial charge in [0.05, 0.1) is 19.2 Å². The van der Waals surface area contributed by atoms with Gasteiger partial charge in [0.2, 0.25) is 47.3 Å². The zero-order valence-corrected chi connectivity index (χ0v) is 36.6. The van der Waals surface area contributed by atoms with Crippen molar-refractivity contribution in [3.05, 3.63) is 35.9 Å². The standard InChI is InChI=1S/C40H64N10O11S/c1-22(2)17-26(42)35(55)45-24(4)34(54)48-29(20-51)39(59)50-16-10-14-31(50)38(58)43-19-32(52)44-23(3)33(53)49-30(21-62)37(57)47-28(18-25-11-6-5-7-12-25)36(56)46-27(40(60)61)13-8-9-15-41/h5-7,11-12,22-24,26-31,51,62H,8-10,13-21,41-42H2,1-4H3,(H,43,58)(H,44,52)(H,45,55)(H,46,56)(H,47,57)(H,48,54)(H,49,53)(H,60,61)/t23-,24-,26-,27-,28-,29-,30-,31-/m0/s1. The molecule has 1 aliphatic heterocycles. The van der Waals surface area contributed by atoms with Crippen LogP contribution in [-0.2, 0) is 49.6 Å². The molecular formula is C40H64N10O11S. The van der Waals surface area contributed by atoms with E-state index in [-0.39, 0.29) is 37.5 Å². The van der Waals surface area contributed by atoms with Crippen LogP contribution in [0.5, 0.6) is 0 Å². The monoisotopic (exact) mass is 892 g/mol. The fraction of sp³-hybridized carbons (Fsp3) is 0.625. The van der Waals surface area contributed by atoms with Gasteiger partial charge in [-0.3, -0.25) is 38.4 Å². The predicted molar refractivity (Wildman–Crippen MR) is 230 cm³/mol. The van der Waals surface area contributed by atoms with Gasteiger partial charge < -0.3 is 63.8 Å². The summed E-state index contributed by atoms with van der Waals surface area (Å²) in [6, 6.07) is -0.691. The average molecular weight is 893 g/mol. The Kier molecular flexibility index (Phi) is 22.9. The summed E-state index contributed by atoms with van der Waals surface area (Å²) in [7, 11) is 0. The smallest absolute Gasteiger partial charge is 0.326 e. The molecule has 346 valence electrons. The van der Waals surface area contributed by atoms with E-state index in [9.17, 15) is 53.4 Å². The molecule has 8 amide bonds. The van der Waals surface area contributed by atoms with Gasteiger partial charge in [0.1, 0.15) is 42.3 Å². The van der Waals surface area contributed by atoms with Crippen LogP contribution in [0.15, 0.2) is 30.3 Å². The number of nitrogens with two attached hydrogens (primary N) is 2. The van der Waals surface area contributed by atoms with Crippen molar-refractivity contribution in [2.45, 2.75) is 121 Å². The second-order valence-corrected chi connectivity index (χ2v) is 16.0. The van der Waals surface area contributed by atoms with Gasteiger partial charge in [-0.05, 0) is 70.4 Å². The fourth-order valence-electron chi connectivity index (χ4n) is 6.47. The molecular weight excluding hydrogens is 829 g/mol. The largest absolute Gasteiger partial charge is 0.480 e. The zero-order chi connectivity index (χ0) is 46.5. The highest BCUT2D eigenvalue weighted by molar-refractivity contribution is 7.80. The summed E-state index contributed by atoms with van der Waals surface area (Å²) in [5.74, 6) is -7.22. The second kappa shape index (κ2) is 26.9. The van der Waals surface area contributed by atoms with Gasteiger partial charge in [0.15, 0.2) is 0 Å². The number of carboxylic acid groups (broad SMARTS) is 1. The molecule has 1 aromatic carbocycles. The van der Waals surface area contributed by atoms with Crippen molar-refractivity contribution in [3.8, 4) is 0 Å². The number of amides is 8. The third-order valence-corrected chi connectivity index (χ3v) is 10.3. The highest BCUT2D eigenvalue weighted by atomic mass is 32.1. The first-order valence-electron chi connectivity index (χ1n) is 20.7. The summed E-state index contributed by atoms with van der Waals surface area (Å²) < 4.78 is 0. The van der Waals surface area contributed by atoms with E-state index in [2.05, 4.69) is 49.8 Å². The number of carbonyl (C=O) groups excluding carboxylic acids is 8. The molecule has 1 aliphatic rings. The third kappa shape index (κ3) is 17.6. The van der Waals surface area contributed by atoms with Crippen molar-refractivity contribution >= 4 is 65.9 Å². The molecule has 0 aliphatic carbocycles. The number of nitrogens with one attached hydrogen (secondary N) is 7. The molecule has 21 nitrogen and oxygen atoms in total. The summed E-state index contributed by atoms with van der Waals surface area (Å²) in [4.78, 5) is 117. The quantitative estimate of drug-likeness (QED) is 0.0323. The number of hydrogen-bond acceptors (Lipinski definition) is 13. The van der Waals surface area contributed by atoms with Crippen molar-refractivity contribution in [1.82, 2.24) is 42.1 Å². The molecule has 1 heterocycles. The van der Waals surface area contributed by atoms with Gasteiger partial charge in [-0.2, -0.15) is 12.6 Å². The molecule has 0 spiro atoms. The van der Waals surface area contributed by atoms with E-state index >= 15 is 0 Å². The Morgan fingerprint density at radius 1 is 0.774 bits per heavy atom. The number of carboxylic acids is 1. The van der Waals surface area contributed by atoms with Gasteiger partial charge in [-0.15, -0.1) is 0 Å². The number of aliphatic carboxylic acids is 1. The molecule has 13 N–H and O–H groups in total. The van der Waals surface area contributed by atoms with Crippen LogP contribution in [0.1, 0.15) is 71.8 Å². The molecule has 22 heteroatoms. The fourth-order valence-corrected chi connectivity index (χ4v) is 6.73. The molecule has 1 fully saturated rings. The van der Waals surface area contributed by atoms with Crippen LogP contribution in [0.25, 0.3) is 0 Å². The molecule has 62 heavy (non-hydrogen) atoms. The van der Waals surface area contributed by atoms with E-state index in [1.165, 1.54) is 18.7 Å². The average Bonchev–Trinajstić information content (AvgIpc) is 3.73. The van der Waals surface area contributed by atoms with E-state index in [0.29, 0.717) is 37.8 Å². The lowest BCUT2D eigenvalue weighted by Crippen LogP contribution is -2.59. The number of nitrogens with zero attached hydrogens (tertiary/aromatic N) is 1. The lowest BCUT2D eigenvalue weighted by Gasteiger charge is -2.28. The van der Waals surface area contributed by atoms with Crippen LogP contribution in [-0.4, -0.2) is 149 Å². The van der Waals surface area contributed by atoms with E-state index in [1.54, 1.807) is 30.3 Å². The lowest BCUT2D eigenvalue weighted by molar-refractivity contribution is -0.143. The van der Waals surface area contributed by atoms with Gasteiger partial charge in [-0.25, -0.2) is 4.79 Å². The van der Waals surface area contributed by atoms with E-state index in [0.717, 1.165) is 0 Å². The van der Waals surface area contributed by atoms with Gasteiger partial charge >= 0.3 is 5.97 Å². The van der Waals surface area contributed by atoms with Crippen LogP contribution in [0.4, 0.5) is 0 Å². The summed E-state index contributed by atoms with van der Waals surface area (Å²) in [5, 5.41) is 36.9. The van der Waals surface area contributed by atoms with Crippen LogP contribution < -0.4 is 48.7 Å². The number of carbonyl (C=O) groups is 9. The number of aliphatic hydroxyl groups excluding tert-OH is 1. The Morgan fingerprint density at radius 2 is 1.35 bits per heavy atom. The normalized spacial score (nSPS) is 16.9. The molecule has 0 aromatic heterocycles. The van der Waals surface area contributed by atoms with Crippen LogP contribution in [0.2, 0.25) is 0 Å². The van der Waals surface area contributed by atoms with Crippen molar-refractivity contribution in [2.75, 3.05) is 32.0 Å². The molecule has 0 radical (unpaired) electrons. The molecule has 8 atom stereocenters. The number of benzene rings is 1. The van der Waals surface area contributed by atoms with Crippen molar-refractivity contribution in [3.63, 3.8) is 0 Å². The number of rotatable bonds is 26. The summed E-state index contributed by atoms with van der Waals surface area (Å²) in [6.07, 6.45) is 2.15. The van der Waals surface area contributed by atoms with Crippen molar-refractivity contribution in [1.29, 1.82) is 0 Å². The Morgan fingerprint density at radius 3 is 1.94 bits per heavy atom. The summed E-state index contributed by atoms with van der Waals surface area (Å²) in [5.41, 5.74) is 12.1. The first kappa shape index (κ1) is 52.8. The Labute approximate surface area is 366 Å². The molecule has 2 rings (SSSR count). The molecule has 0 bridgehead atoms. The van der Waals surface area contributed by atoms with E-state index in [1.807, 2.05) is 13.8 Å². The maximum atomic E-state index is 13.4. The molecule has 1 aromatic rings. The number of aliphatic hydroxyl groups is 1. The Balaban J connectivity index is 1.97.